The minimum atomic E-state index is -0.533. The molecule has 33 heavy (non-hydrogen) atoms. The smallest absolute Gasteiger partial charge is 0.262 e. The van der Waals surface area contributed by atoms with Crippen LogP contribution in [0.1, 0.15) is 59.0 Å². The standard InChI is InChI=1S/C28H26N2O3/c1-27(2)18-28(3,19-11-5-4-6-12-19)22-15-9-10-16-23(22)30(27)24(31)17-29-25(32)20-13-7-8-14-21(20)26(29)33/h4-16H,17-18H2,1-3H3/t28-/m1/s1. The molecule has 5 heteroatoms. The van der Waals surface area contributed by atoms with E-state index in [1.807, 2.05) is 50.2 Å². The Morgan fingerprint density at radius 1 is 0.788 bits per heavy atom. The third-order valence-electron chi connectivity index (χ3n) is 6.96. The Morgan fingerprint density at radius 2 is 1.33 bits per heavy atom. The molecule has 0 unspecified atom stereocenters. The Morgan fingerprint density at radius 3 is 1.97 bits per heavy atom. The molecule has 0 aliphatic carbocycles. The molecule has 0 bridgehead atoms. The largest absolute Gasteiger partial charge is 0.305 e. The minimum Gasteiger partial charge on any atom is -0.305 e. The van der Waals surface area contributed by atoms with Gasteiger partial charge in [0, 0.05) is 16.6 Å². The van der Waals surface area contributed by atoms with Gasteiger partial charge in [0.15, 0.2) is 0 Å². The van der Waals surface area contributed by atoms with E-state index in [0.29, 0.717) is 17.5 Å². The van der Waals surface area contributed by atoms with E-state index in [-0.39, 0.29) is 17.9 Å². The third-order valence-corrected chi connectivity index (χ3v) is 6.96. The predicted octanol–water partition coefficient (Wildman–Crippen LogP) is 4.80. The van der Waals surface area contributed by atoms with Gasteiger partial charge in [0.05, 0.1) is 11.1 Å². The summed E-state index contributed by atoms with van der Waals surface area (Å²) < 4.78 is 0. The van der Waals surface area contributed by atoms with E-state index in [1.54, 1.807) is 29.2 Å². The van der Waals surface area contributed by atoms with Gasteiger partial charge in [-0.15, -0.1) is 0 Å². The molecule has 166 valence electrons. The number of hydrogen-bond acceptors (Lipinski definition) is 3. The first-order valence-electron chi connectivity index (χ1n) is 11.2. The van der Waals surface area contributed by atoms with Gasteiger partial charge < -0.3 is 4.90 Å². The summed E-state index contributed by atoms with van der Waals surface area (Å²) >= 11 is 0. The summed E-state index contributed by atoms with van der Waals surface area (Å²) in [6, 6.07) is 25.0. The van der Waals surface area contributed by atoms with Crippen LogP contribution in [0.5, 0.6) is 0 Å². The maximum atomic E-state index is 13.7. The normalized spacial score (nSPS) is 21.1. The molecule has 0 aromatic heterocycles. The van der Waals surface area contributed by atoms with Crippen molar-refractivity contribution in [2.75, 3.05) is 11.4 Å². The molecule has 3 amide bonds. The van der Waals surface area contributed by atoms with Gasteiger partial charge in [-0.1, -0.05) is 67.6 Å². The van der Waals surface area contributed by atoms with Crippen LogP contribution in [0.25, 0.3) is 0 Å². The van der Waals surface area contributed by atoms with Crippen molar-refractivity contribution in [2.45, 2.75) is 38.1 Å². The number of rotatable bonds is 3. The lowest BCUT2D eigenvalue weighted by atomic mass is 9.65. The molecule has 2 aliphatic rings. The zero-order valence-corrected chi connectivity index (χ0v) is 19.0. The molecular formula is C28H26N2O3. The highest BCUT2D eigenvalue weighted by Gasteiger charge is 2.48. The predicted molar refractivity (Wildman–Crippen MR) is 127 cm³/mol. The van der Waals surface area contributed by atoms with Gasteiger partial charge in [0.25, 0.3) is 11.8 Å². The van der Waals surface area contributed by atoms with Crippen molar-refractivity contribution in [1.29, 1.82) is 0 Å². The Hall–Kier alpha value is -3.73. The SMILES string of the molecule is CC1(C)C[C@](C)(c2ccccc2)c2ccccc2N1C(=O)CN1C(=O)c2ccccc2C1=O. The third kappa shape index (κ3) is 3.18. The van der Waals surface area contributed by atoms with Gasteiger partial charge in [-0.2, -0.15) is 0 Å². The van der Waals surface area contributed by atoms with Gasteiger partial charge in [-0.25, -0.2) is 0 Å². The van der Waals surface area contributed by atoms with E-state index >= 15 is 0 Å². The van der Waals surface area contributed by atoms with E-state index < -0.39 is 17.4 Å². The number of hydrogen-bond donors (Lipinski definition) is 0. The lowest BCUT2D eigenvalue weighted by Gasteiger charge is -2.51. The zero-order valence-electron chi connectivity index (χ0n) is 19.0. The number of nitrogens with zero attached hydrogens (tertiary/aromatic N) is 2. The van der Waals surface area contributed by atoms with Crippen molar-refractivity contribution in [1.82, 2.24) is 4.90 Å². The zero-order chi connectivity index (χ0) is 23.4. The molecule has 0 fully saturated rings. The van der Waals surface area contributed by atoms with Crippen molar-refractivity contribution >= 4 is 23.4 Å². The van der Waals surface area contributed by atoms with Gasteiger partial charge >= 0.3 is 0 Å². The van der Waals surface area contributed by atoms with Crippen LogP contribution in [0.3, 0.4) is 0 Å². The molecule has 0 N–H and O–H groups in total. The maximum absolute atomic E-state index is 13.7. The summed E-state index contributed by atoms with van der Waals surface area (Å²) in [5.41, 5.74) is 2.96. The number of carbonyl (C=O) groups excluding carboxylic acids is 3. The molecule has 1 atom stereocenters. The number of fused-ring (bicyclic) bond motifs is 2. The van der Waals surface area contributed by atoms with Crippen molar-refractivity contribution in [3.8, 4) is 0 Å². The molecular weight excluding hydrogens is 412 g/mol. The Kier molecular flexibility index (Phi) is 4.74. The van der Waals surface area contributed by atoms with Crippen molar-refractivity contribution in [3.63, 3.8) is 0 Å². The lowest BCUT2D eigenvalue weighted by molar-refractivity contribution is -0.120. The number of benzene rings is 3. The second-order valence-corrected chi connectivity index (χ2v) is 9.68. The first-order chi connectivity index (χ1) is 15.7. The summed E-state index contributed by atoms with van der Waals surface area (Å²) in [6.45, 7) is 6.02. The van der Waals surface area contributed by atoms with E-state index in [9.17, 15) is 14.4 Å². The number of anilines is 1. The molecule has 5 nitrogen and oxygen atoms in total. The van der Waals surface area contributed by atoms with Gasteiger partial charge in [0.1, 0.15) is 6.54 Å². The molecule has 0 saturated carbocycles. The number of carbonyl (C=O) groups is 3. The van der Waals surface area contributed by atoms with Crippen LogP contribution in [0.2, 0.25) is 0 Å². The van der Waals surface area contributed by atoms with E-state index in [2.05, 4.69) is 25.1 Å². The van der Waals surface area contributed by atoms with Gasteiger partial charge in [0.2, 0.25) is 5.91 Å². The van der Waals surface area contributed by atoms with E-state index in [0.717, 1.165) is 16.2 Å². The molecule has 3 aromatic rings. The number of imide groups is 1. The highest BCUT2D eigenvalue weighted by Crippen LogP contribution is 2.50. The fourth-order valence-electron chi connectivity index (χ4n) is 5.62. The quantitative estimate of drug-likeness (QED) is 0.552. The highest BCUT2D eigenvalue weighted by atomic mass is 16.2. The summed E-state index contributed by atoms with van der Waals surface area (Å²) in [5.74, 6) is -1.10. The summed E-state index contributed by atoms with van der Waals surface area (Å²) in [4.78, 5) is 42.3. The topological polar surface area (TPSA) is 57.7 Å². The number of amides is 3. The average Bonchev–Trinajstić information content (AvgIpc) is 3.04. The Labute approximate surface area is 193 Å². The fourth-order valence-corrected chi connectivity index (χ4v) is 5.62. The maximum Gasteiger partial charge on any atom is 0.262 e. The van der Waals surface area contributed by atoms with Crippen molar-refractivity contribution < 1.29 is 14.4 Å². The second kappa shape index (κ2) is 7.41. The monoisotopic (exact) mass is 438 g/mol. The van der Waals surface area contributed by atoms with Crippen LogP contribution in [-0.2, 0) is 10.2 Å². The molecule has 5 rings (SSSR count). The minimum absolute atomic E-state index is 0.267. The summed E-state index contributed by atoms with van der Waals surface area (Å²) in [6.07, 6.45) is 0.703. The molecule has 3 aromatic carbocycles. The second-order valence-electron chi connectivity index (χ2n) is 9.68. The van der Waals surface area contributed by atoms with Crippen LogP contribution < -0.4 is 4.90 Å². The number of para-hydroxylation sites is 1. The van der Waals surface area contributed by atoms with E-state index in [1.165, 1.54) is 5.56 Å². The summed E-state index contributed by atoms with van der Waals surface area (Å²) in [5, 5.41) is 0. The molecule has 2 heterocycles. The van der Waals surface area contributed by atoms with Gasteiger partial charge in [-0.05, 0) is 49.6 Å². The molecule has 0 radical (unpaired) electrons. The van der Waals surface area contributed by atoms with Crippen molar-refractivity contribution in [2.24, 2.45) is 0 Å². The van der Waals surface area contributed by atoms with Gasteiger partial charge in [-0.3, -0.25) is 19.3 Å². The first kappa shape index (κ1) is 21.1. The Bertz CT molecular complexity index is 1250. The van der Waals surface area contributed by atoms with Crippen LogP contribution in [0.15, 0.2) is 78.9 Å². The van der Waals surface area contributed by atoms with Crippen LogP contribution in [-0.4, -0.2) is 34.7 Å². The van der Waals surface area contributed by atoms with Crippen LogP contribution >= 0.6 is 0 Å². The molecule has 2 aliphatic heterocycles. The summed E-state index contributed by atoms with van der Waals surface area (Å²) in [7, 11) is 0. The van der Waals surface area contributed by atoms with Crippen LogP contribution in [0.4, 0.5) is 5.69 Å². The molecule has 0 saturated heterocycles. The average molecular weight is 439 g/mol. The van der Waals surface area contributed by atoms with Crippen LogP contribution in [0, 0.1) is 0 Å². The Balaban J connectivity index is 1.53. The first-order valence-corrected chi connectivity index (χ1v) is 11.2. The molecule has 0 spiro atoms. The fraction of sp³-hybridized carbons (Fsp3) is 0.250. The highest BCUT2D eigenvalue weighted by molar-refractivity contribution is 6.22. The van der Waals surface area contributed by atoms with E-state index in [4.69, 9.17) is 0 Å². The van der Waals surface area contributed by atoms with Crippen molar-refractivity contribution in [3.05, 3.63) is 101 Å². The lowest BCUT2D eigenvalue weighted by Crippen LogP contribution is -2.58.